The summed E-state index contributed by atoms with van der Waals surface area (Å²) in [5.74, 6) is 1.22. The predicted octanol–water partition coefficient (Wildman–Crippen LogP) is 2.73. The molecule has 0 spiro atoms. The molecule has 0 rings (SSSR count). The van der Waals surface area contributed by atoms with Gasteiger partial charge in [-0.1, -0.05) is 20.3 Å². The number of hydrogen-bond donors (Lipinski definition) is 0. The predicted molar refractivity (Wildman–Crippen MR) is 47.0 cm³/mol. The Bertz CT molecular complexity index is 64.3. The Labute approximate surface area is 68.2 Å². The Morgan fingerprint density at radius 3 is 2.40 bits per heavy atom. The van der Waals surface area contributed by atoms with Gasteiger partial charge in [0.25, 0.3) is 0 Å². The lowest BCUT2D eigenvalue weighted by Crippen LogP contribution is -1.90. The van der Waals surface area contributed by atoms with Crippen LogP contribution in [0.15, 0.2) is 0 Å². The molecule has 0 atom stereocenters. The zero-order valence-corrected chi connectivity index (χ0v) is 7.75. The third kappa shape index (κ3) is 8.31. The van der Waals surface area contributed by atoms with Crippen molar-refractivity contribution in [3.63, 3.8) is 0 Å². The van der Waals surface area contributed by atoms with Gasteiger partial charge in [-0.25, -0.2) is 5.11 Å². The van der Waals surface area contributed by atoms with Crippen molar-refractivity contribution in [2.75, 3.05) is 12.4 Å². The van der Waals surface area contributed by atoms with E-state index in [1.165, 1.54) is 12.2 Å². The lowest BCUT2D eigenvalue weighted by Gasteiger charge is -2.02. The summed E-state index contributed by atoms with van der Waals surface area (Å²) in [6, 6.07) is 0. The molecule has 0 heterocycles. The van der Waals surface area contributed by atoms with Crippen LogP contribution in [0.25, 0.3) is 0 Å². The second kappa shape index (κ2) is 7.42. The van der Waals surface area contributed by atoms with E-state index in [9.17, 15) is 5.11 Å². The highest BCUT2D eigenvalue weighted by Gasteiger charge is 1.93. The summed E-state index contributed by atoms with van der Waals surface area (Å²) in [5, 5.41) is 10.8. The average molecular weight is 161 g/mol. The Morgan fingerprint density at radius 2 is 1.90 bits per heavy atom. The minimum atomic E-state index is 0.104. The second-order valence-electron chi connectivity index (χ2n) is 2.68. The third-order valence-corrected chi connectivity index (χ3v) is 2.43. The Balaban J connectivity index is 2.77. The second-order valence-corrected chi connectivity index (χ2v) is 4.37. The lowest BCUT2D eigenvalue weighted by atomic mass is 10.3. The molecule has 0 aliphatic rings. The Hall–Kier alpha value is 0.310. The van der Waals surface area contributed by atoms with Gasteiger partial charge >= 0.3 is 0 Å². The minimum Gasteiger partial charge on any atom is -0.237 e. The van der Waals surface area contributed by atoms with Crippen LogP contribution in [0.5, 0.6) is 0 Å². The highest BCUT2D eigenvalue weighted by atomic mass is 32.2. The van der Waals surface area contributed by atoms with Gasteiger partial charge in [-0.15, -0.1) is 0 Å². The van der Waals surface area contributed by atoms with E-state index in [2.05, 4.69) is 13.8 Å². The maximum Gasteiger partial charge on any atom is 0.0822 e. The van der Waals surface area contributed by atoms with Crippen LogP contribution in [-0.4, -0.2) is 17.6 Å². The van der Waals surface area contributed by atoms with Crippen molar-refractivity contribution in [3.8, 4) is 0 Å². The van der Waals surface area contributed by atoms with Crippen molar-refractivity contribution in [2.45, 2.75) is 38.4 Å². The maximum atomic E-state index is 10.0. The summed E-state index contributed by atoms with van der Waals surface area (Å²) in [5.41, 5.74) is 0. The zero-order valence-electron chi connectivity index (χ0n) is 6.93. The van der Waals surface area contributed by atoms with E-state index in [-0.39, 0.29) is 6.61 Å². The van der Waals surface area contributed by atoms with Crippen molar-refractivity contribution >= 4 is 11.8 Å². The first kappa shape index (κ1) is 10.3. The number of rotatable bonds is 6. The summed E-state index contributed by atoms with van der Waals surface area (Å²) in [4.78, 5) is 0. The molecule has 0 unspecified atom stereocenters. The smallest absolute Gasteiger partial charge is 0.0822 e. The quantitative estimate of drug-likeness (QED) is 0.548. The fourth-order valence-corrected chi connectivity index (χ4v) is 1.54. The van der Waals surface area contributed by atoms with Crippen LogP contribution in [0, 0.1) is 0 Å². The molecule has 1 radical (unpaired) electrons. The molecule has 0 saturated heterocycles. The monoisotopic (exact) mass is 161 g/mol. The highest BCUT2D eigenvalue weighted by molar-refractivity contribution is 7.99. The van der Waals surface area contributed by atoms with E-state index in [0.717, 1.165) is 18.1 Å². The fourth-order valence-electron chi connectivity index (χ4n) is 0.700. The molecule has 2 heteroatoms. The van der Waals surface area contributed by atoms with Crippen molar-refractivity contribution in [1.29, 1.82) is 0 Å². The SMILES string of the molecule is CC(C)SCCCCC[O]. The summed E-state index contributed by atoms with van der Waals surface area (Å²) in [6.45, 7) is 4.52. The first-order valence-corrected chi connectivity index (χ1v) is 5.02. The third-order valence-electron chi connectivity index (χ3n) is 1.24. The van der Waals surface area contributed by atoms with Crippen LogP contribution in [0.2, 0.25) is 0 Å². The summed E-state index contributed by atoms with van der Waals surface area (Å²) in [7, 11) is 0. The summed E-state index contributed by atoms with van der Waals surface area (Å²) >= 11 is 1.98. The fraction of sp³-hybridized carbons (Fsp3) is 1.00. The van der Waals surface area contributed by atoms with Crippen LogP contribution in [0.1, 0.15) is 33.1 Å². The molecule has 0 aromatic rings. The highest BCUT2D eigenvalue weighted by Crippen LogP contribution is 2.11. The molecule has 0 aromatic heterocycles. The van der Waals surface area contributed by atoms with Gasteiger partial charge in [0.05, 0.1) is 6.61 Å². The molecule has 61 valence electrons. The Morgan fingerprint density at radius 1 is 1.20 bits per heavy atom. The molecule has 0 bridgehead atoms. The standard InChI is InChI=1S/C8H17OS/c1-8(2)10-7-5-3-4-6-9/h8H,3-7H2,1-2H3. The van der Waals surface area contributed by atoms with E-state index in [1.54, 1.807) is 0 Å². The van der Waals surface area contributed by atoms with E-state index in [4.69, 9.17) is 0 Å². The Kier molecular flexibility index (Phi) is 7.65. The molecule has 0 N–H and O–H groups in total. The molecule has 0 aliphatic heterocycles. The minimum absolute atomic E-state index is 0.104. The van der Waals surface area contributed by atoms with Crippen LogP contribution in [-0.2, 0) is 5.11 Å². The summed E-state index contributed by atoms with van der Waals surface area (Å²) in [6.07, 6.45) is 3.19. The van der Waals surface area contributed by atoms with Crippen LogP contribution >= 0.6 is 11.8 Å². The van der Waals surface area contributed by atoms with E-state index in [1.807, 2.05) is 11.8 Å². The van der Waals surface area contributed by atoms with Gasteiger partial charge < -0.3 is 0 Å². The maximum absolute atomic E-state index is 10.0. The van der Waals surface area contributed by atoms with Crippen molar-refractivity contribution in [3.05, 3.63) is 0 Å². The summed E-state index contributed by atoms with van der Waals surface area (Å²) < 4.78 is 0. The molecule has 1 nitrogen and oxygen atoms in total. The topological polar surface area (TPSA) is 19.9 Å². The molecular weight excluding hydrogens is 144 g/mol. The van der Waals surface area contributed by atoms with Crippen molar-refractivity contribution < 1.29 is 5.11 Å². The van der Waals surface area contributed by atoms with Crippen LogP contribution in [0.3, 0.4) is 0 Å². The molecule has 0 aliphatic carbocycles. The first-order valence-electron chi connectivity index (χ1n) is 3.97. The molecule has 0 saturated carbocycles. The van der Waals surface area contributed by atoms with Crippen LogP contribution in [0.4, 0.5) is 0 Å². The number of unbranched alkanes of at least 4 members (excludes halogenated alkanes) is 2. The van der Waals surface area contributed by atoms with E-state index in [0.29, 0.717) is 0 Å². The first-order chi connectivity index (χ1) is 4.77. The van der Waals surface area contributed by atoms with E-state index < -0.39 is 0 Å². The van der Waals surface area contributed by atoms with Gasteiger partial charge in [0, 0.05) is 0 Å². The van der Waals surface area contributed by atoms with Gasteiger partial charge in [-0.05, 0) is 23.8 Å². The normalized spacial score (nSPS) is 10.8. The average Bonchev–Trinajstić information content (AvgIpc) is 1.87. The van der Waals surface area contributed by atoms with Gasteiger partial charge in [0.1, 0.15) is 0 Å². The molecule has 0 aromatic carbocycles. The van der Waals surface area contributed by atoms with Gasteiger partial charge in [0.15, 0.2) is 0 Å². The van der Waals surface area contributed by atoms with Gasteiger partial charge in [-0.3, -0.25) is 0 Å². The molecule has 10 heavy (non-hydrogen) atoms. The molecule has 0 amide bonds. The van der Waals surface area contributed by atoms with Crippen molar-refractivity contribution in [2.24, 2.45) is 0 Å². The zero-order chi connectivity index (χ0) is 7.82. The molecule has 0 fully saturated rings. The van der Waals surface area contributed by atoms with E-state index >= 15 is 0 Å². The largest absolute Gasteiger partial charge is 0.237 e. The number of thioether (sulfide) groups is 1. The van der Waals surface area contributed by atoms with Crippen LogP contribution < -0.4 is 0 Å². The van der Waals surface area contributed by atoms with Gasteiger partial charge in [-0.2, -0.15) is 11.8 Å². The lowest BCUT2D eigenvalue weighted by molar-refractivity contribution is 0.186. The molecular formula is C8H17OS. The number of hydrogen-bond acceptors (Lipinski definition) is 1. The van der Waals surface area contributed by atoms with Gasteiger partial charge in [0.2, 0.25) is 0 Å². The van der Waals surface area contributed by atoms with Crippen molar-refractivity contribution in [1.82, 2.24) is 0 Å².